The molecule has 1 N–H and O–H groups in total. The van der Waals surface area contributed by atoms with Crippen molar-refractivity contribution in [3.63, 3.8) is 0 Å². The molecule has 4 heterocycles. The first kappa shape index (κ1) is 16.0. The molecule has 25 heavy (non-hydrogen) atoms. The van der Waals surface area contributed by atoms with Crippen LogP contribution >= 0.6 is 0 Å². The van der Waals surface area contributed by atoms with Gasteiger partial charge in [0.25, 0.3) is 0 Å². The number of nitrogens with one attached hydrogen (secondary N) is 1. The minimum absolute atomic E-state index is 0.327. The molecule has 1 fully saturated rings. The lowest BCUT2D eigenvalue weighted by Crippen LogP contribution is -2.44. The van der Waals surface area contributed by atoms with Crippen LogP contribution in [0.25, 0.3) is 16.9 Å². The van der Waals surface area contributed by atoms with E-state index in [-0.39, 0.29) is 0 Å². The molecule has 4 rings (SSSR count). The third kappa shape index (κ3) is 2.98. The van der Waals surface area contributed by atoms with Crippen molar-refractivity contribution in [2.45, 2.75) is 26.7 Å². The highest BCUT2D eigenvalue weighted by atomic mass is 15.3. The Balaban J connectivity index is 1.89. The van der Waals surface area contributed by atoms with Crippen molar-refractivity contribution >= 4 is 11.5 Å². The van der Waals surface area contributed by atoms with Gasteiger partial charge < -0.3 is 10.2 Å². The minimum Gasteiger partial charge on any atom is -0.353 e. The largest absolute Gasteiger partial charge is 0.353 e. The number of hydrogen-bond acceptors (Lipinski definition) is 5. The normalized spacial score (nSPS) is 15.3. The van der Waals surface area contributed by atoms with E-state index >= 15 is 0 Å². The van der Waals surface area contributed by atoms with E-state index in [1.54, 1.807) is 0 Å². The van der Waals surface area contributed by atoms with Gasteiger partial charge in [-0.15, -0.1) is 5.10 Å². The van der Waals surface area contributed by atoms with Crippen molar-refractivity contribution in [2.24, 2.45) is 0 Å². The van der Waals surface area contributed by atoms with E-state index in [1.807, 2.05) is 23.7 Å². The van der Waals surface area contributed by atoms with Gasteiger partial charge in [-0.2, -0.15) is 0 Å². The number of fused-ring (bicyclic) bond motifs is 1. The number of rotatable bonds is 3. The molecule has 1 saturated heterocycles. The van der Waals surface area contributed by atoms with E-state index in [0.29, 0.717) is 5.92 Å². The fourth-order valence-corrected chi connectivity index (χ4v) is 3.37. The van der Waals surface area contributed by atoms with Crippen molar-refractivity contribution in [3.05, 3.63) is 41.9 Å². The summed E-state index contributed by atoms with van der Waals surface area (Å²) in [7, 11) is 0. The molecule has 0 bridgehead atoms. The predicted molar refractivity (Wildman–Crippen MR) is 100 cm³/mol. The number of hydrogen-bond donors (Lipinski definition) is 1. The van der Waals surface area contributed by atoms with Gasteiger partial charge in [0.15, 0.2) is 5.65 Å². The first-order valence-corrected chi connectivity index (χ1v) is 8.92. The number of pyridine rings is 1. The van der Waals surface area contributed by atoms with E-state index in [4.69, 9.17) is 10.1 Å². The monoisotopic (exact) mass is 336 g/mol. The summed E-state index contributed by atoms with van der Waals surface area (Å²) in [6.45, 7) is 10.3. The van der Waals surface area contributed by atoms with Gasteiger partial charge >= 0.3 is 0 Å². The standard InChI is InChI=1S/C19H24N6/c1-13(2)18-19(15-6-7-21-14(3)12-15)25-16(22-18)4-5-17(23-25)24-10-8-20-9-11-24/h4-7,12-13,20H,8-11H2,1-3H3. The van der Waals surface area contributed by atoms with E-state index in [1.165, 1.54) is 0 Å². The van der Waals surface area contributed by atoms with E-state index in [0.717, 1.165) is 60.3 Å². The fraction of sp³-hybridized carbons (Fsp3) is 0.421. The van der Waals surface area contributed by atoms with Crippen molar-refractivity contribution in [1.82, 2.24) is 24.9 Å². The predicted octanol–water partition coefficient (Wildman–Crippen LogP) is 2.63. The summed E-state index contributed by atoms with van der Waals surface area (Å²) in [6.07, 6.45) is 1.86. The van der Waals surface area contributed by atoms with Crippen molar-refractivity contribution < 1.29 is 0 Å². The van der Waals surface area contributed by atoms with Crippen LogP contribution in [0.1, 0.15) is 31.2 Å². The van der Waals surface area contributed by atoms with Crippen LogP contribution in [0.5, 0.6) is 0 Å². The van der Waals surface area contributed by atoms with Crippen LogP contribution in [0, 0.1) is 6.92 Å². The zero-order valence-electron chi connectivity index (χ0n) is 15.0. The van der Waals surface area contributed by atoms with Gasteiger partial charge in [0.05, 0.1) is 11.4 Å². The molecule has 0 amide bonds. The molecule has 0 saturated carbocycles. The van der Waals surface area contributed by atoms with Gasteiger partial charge in [0, 0.05) is 43.6 Å². The average Bonchev–Trinajstić information content (AvgIpc) is 3.01. The molecule has 3 aromatic rings. The van der Waals surface area contributed by atoms with Crippen LogP contribution in [-0.2, 0) is 0 Å². The maximum absolute atomic E-state index is 4.94. The molecular formula is C19H24N6. The van der Waals surface area contributed by atoms with Crippen molar-refractivity contribution in [3.8, 4) is 11.3 Å². The number of imidazole rings is 1. The summed E-state index contributed by atoms with van der Waals surface area (Å²) in [5.74, 6) is 1.33. The van der Waals surface area contributed by atoms with Gasteiger partial charge in [-0.3, -0.25) is 4.98 Å². The van der Waals surface area contributed by atoms with Crippen LogP contribution in [0.15, 0.2) is 30.5 Å². The number of aromatic nitrogens is 4. The van der Waals surface area contributed by atoms with Crippen LogP contribution in [0.3, 0.4) is 0 Å². The van der Waals surface area contributed by atoms with Gasteiger partial charge in [-0.05, 0) is 37.1 Å². The van der Waals surface area contributed by atoms with Gasteiger partial charge in [0.1, 0.15) is 5.82 Å². The second-order valence-corrected chi connectivity index (χ2v) is 6.88. The maximum atomic E-state index is 4.94. The third-order valence-electron chi connectivity index (χ3n) is 4.65. The van der Waals surface area contributed by atoms with Gasteiger partial charge in [0.2, 0.25) is 0 Å². The fourth-order valence-electron chi connectivity index (χ4n) is 3.37. The average molecular weight is 336 g/mol. The number of aryl methyl sites for hydroxylation is 1. The first-order chi connectivity index (χ1) is 12.1. The van der Waals surface area contributed by atoms with Crippen molar-refractivity contribution in [1.29, 1.82) is 0 Å². The Morgan fingerprint density at radius 1 is 1.12 bits per heavy atom. The topological polar surface area (TPSA) is 58.4 Å². The molecule has 6 nitrogen and oxygen atoms in total. The zero-order valence-corrected chi connectivity index (χ0v) is 15.0. The lowest BCUT2D eigenvalue weighted by atomic mass is 10.0. The summed E-state index contributed by atoms with van der Waals surface area (Å²) in [5.41, 5.74) is 5.17. The molecule has 6 heteroatoms. The first-order valence-electron chi connectivity index (χ1n) is 8.92. The molecule has 0 radical (unpaired) electrons. The van der Waals surface area contributed by atoms with Crippen LogP contribution in [0.2, 0.25) is 0 Å². The molecular weight excluding hydrogens is 312 g/mol. The summed E-state index contributed by atoms with van der Waals surface area (Å²) in [6, 6.07) is 8.31. The van der Waals surface area contributed by atoms with Gasteiger partial charge in [-0.1, -0.05) is 13.8 Å². The maximum Gasteiger partial charge on any atom is 0.154 e. The number of piperazine rings is 1. The van der Waals surface area contributed by atoms with Gasteiger partial charge in [-0.25, -0.2) is 9.50 Å². The smallest absolute Gasteiger partial charge is 0.154 e. The minimum atomic E-state index is 0.327. The van der Waals surface area contributed by atoms with Crippen molar-refractivity contribution in [2.75, 3.05) is 31.1 Å². The Morgan fingerprint density at radius 2 is 1.92 bits per heavy atom. The zero-order chi connectivity index (χ0) is 17.4. The van der Waals surface area contributed by atoms with Crippen LogP contribution in [-0.4, -0.2) is 45.8 Å². The number of anilines is 1. The summed E-state index contributed by atoms with van der Waals surface area (Å²) >= 11 is 0. The molecule has 1 aliphatic heterocycles. The summed E-state index contributed by atoms with van der Waals surface area (Å²) in [4.78, 5) is 11.5. The molecule has 3 aromatic heterocycles. The summed E-state index contributed by atoms with van der Waals surface area (Å²) in [5, 5.41) is 8.33. The molecule has 0 aromatic carbocycles. The Bertz CT molecular complexity index is 892. The molecule has 130 valence electrons. The second-order valence-electron chi connectivity index (χ2n) is 6.88. The second kappa shape index (κ2) is 6.44. The quantitative estimate of drug-likeness (QED) is 0.797. The highest BCUT2D eigenvalue weighted by molar-refractivity contribution is 5.68. The molecule has 0 spiro atoms. The van der Waals surface area contributed by atoms with Crippen LogP contribution in [0.4, 0.5) is 5.82 Å². The molecule has 1 aliphatic rings. The Labute approximate surface area is 147 Å². The number of nitrogens with zero attached hydrogens (tertiary/aromatic N) is 5. The van der Waals surface area contributed by atoms with E-state index in [2.05, 4.69) is 47.2 Å². The molecule has 0 aliphatic carbocycles. The lowest BCUT2D eigenvalue weighted by molar-refractivity contribution is 0.582. The third-order valence-corrected chi connectivity index (χ3v) is 4.65. The Hall–Kier alpha value is -2.47. The van der Waals surface area contributed by atoms with E-state index < -0.39 is 0 Å². The van der Waals surface area contributed by atoms with Crippen LogP contribution < -0.4 is 10.2 Å². The molecule has 0 atom stereocenters. The Kier molecular flexibility index (Phi) is 4.13. The highest BCUT2D eigenvalue weighted by Crippen LogP contribution is 2.30. The highest BCUT2D eigenvalue weighted by Gasteiger charge is 2.20. The summed E-state index contributed by atoms with van der Waals surface area (Å²) < 4.78 is 2.00. The molecule has 0 unspecified atom stereocenters. The SMILES string of the molecule is Cc1cc(-c2c(C(C)C)nc3ccc(N4CCNCC4)nn23)ccn1. The Morgan fingerprint density at radius 3 is 2.64 bits per heavy atom. The lowest BCUT2D eigenvalue weighted by Gasteiger charge is -2.28. The van der Waals surface area contributed by atoms with E-state index in [9.17, 15) is 0 Å².